The lowest BCUT2D eigenvalue weighted by Gasteiger charge is -2.48. The highest BCUT2D eigenvalue weighted by atomic mass is 15.2. The molecule has 18 heavy (non-hydrogen) atoms. The molecule has 5 aliphatic rings. The molecule has 5 rings (SSSR count). The second-order valence-electron chi connectivity index (χ2n) is 6.36. The maximum Gasteiger partial charge on any atom is 0.0362 e. The van der Waals surface area contributed by atoms with E-state index in [-0.39, 0.29) is 0 Å². The van der Waals surface area contributed by atoms with Crippen molar-refractivity contribution in [3.8, 4) is 0 Å². The Morgan fingerprint density at radius 1 is 1.22 bits per heavy atom. The SMILES string of the molecule is CC1CC2=CC=C1CCC1=C[C@@H]3C(C=C1)CN3C2. The number of allylic oxidation sites excluding steroid dienone is 5. The van der Waals surface area contributed by atoms with Gasteiger partial charge in [0.2, 0.25) is 0 Å². The first-order valence-corrected chi connectivity index (χ1v) is 7.31. The fourth-order valence-corrected chi connectivity index (χ4v) is 3.87. The van der Waals surface area contributed by atoms with Gasteiger partial charge in [-0.05, 0) is 25.2 Å². The summed E-state index contributed by atoms with van der Waals surface area (Å²) in [7, 11) is 0. The van der Waals surface area contributed by atoms with Gasteiger partial charge in [-0.1, -0.05) is 54.0 Å². The van der Waals surface area contributed by atoms with Crippen molar-refractivity contribution in [2.75, 3.05) is 13.1 Å². The van der Waals surface area contributed by atoms with Gasteiger partial charge in [0.1, 0.15) is 0 Å². The minimum absolute atomic E-state index is 0.698. The first-order chi connectivity index (χ1) is 8.79. The molecule has 0 N–H and O–H groups in total. The minimum atomic E-state index is 0.698. The largest absolute Gasteiger partial charge is 0.292 e. The Morgan fingerprint density at radius 2 is 2.17 bits per heavy atom. The van der Waals surface area contributed by atoms with E-state index in [9.17, 15) is 0 Å². The Morgan fingerprint density at radius 3 is 3.06 bits per heavy atom. The van der Waals surface area contributed by atoms with Gasteiger partial charge >= 0.3 is 0 Å². The number of nitrogens with zero attached hydrogens (tertiary/aromatic N) is 1. The Bertz CT molecular complexity index is 492. The van der Waals surface area contributed by atoms with Crippen molar-refractivity contribution >= 4 is 0 Å². The molecule has 3 aliphatic heterocycles. The number of hydrogen-bond acceptors (Lipinski definition) is 1. The Balaban J connectivity index is 1.68. The zero-order valence-corrected chi connectivity index (χ0v) is 11.1. The second-order valence-corrected chi connectivity index (χ2v) is 6.36. The monoisotopic (exact) mass is 239 g/mol. The van der Waals surface area contributed by atoms with Crippen molar-refractivity contribution in [2.45, 2.75) is 32.2 Å². The molecule has 0 aromatic rings. The number of rotatable bonds is 0. The molecule has 0 amide bonds. The van der Waals surface area contributed by atoms with Crippen LogP contribution < -0.4 is 0 Å². The third-order valence-electron chi connectivity index (χ3n) is 5.09. The van der Waals surface area contributed by atoms with E-state index >= 15 is 0 Å². The molecule has 2 aliphatic carbocycles. The topological polar surface area (TPSA) is 3.24 Å². The normalized spacial score (nSPS) is 38.3. The average molecular weight is 239 g/mol. The maximum absolute atomic E-state index is 2.65. The summed E-state index contributed by atoms with van der Waals surface area (Å²) in [6, 6.07) is 0.698. The summed E-state index contributed by atoms with van der Waals surface area (Å²) in [4.78, 5) is 2.65. The zero-order chi connectivity index (χ0) is 12.1. The van der Waals surface area contributed by atoms with E-state index in [2.05, 4.69) is 42.2 Å². The molecule has 4 bridgehead atoms. The Kier molecular flexibility index (Phi) is 2.38. The summed E-state index contributed by atoms with van der Waals surface area (Å²) in [5.74, 6) is 1.55. The van der Waals surface area contributed by atoms with Crippen molar-refractivity contribution in [1.29, 1.82) is 0 Å². The van der Waals surface area contributed by atoms with Gasteiger partial charge in [0.15, 0.2) is 0 Å². The number of fused-ring (bicyclic) bond motifs is 3. The summed E-state index contributed by atoms with van der Waals surface area (Å²) < 4.78 is 0. The lowest BCUT2D eigenvalue weighted by Crippen LogP contribution is -2.55. The van der Waals surface area contributed by atoms with Crippen molar-refractivity contribution in [3.63, 3.8) is 0 Å². The first-order valence-electron chi connectivity index (χ1n) is 7.31. The van der Waals surface area contributed by atoms with Crippen molar-refractivity contribution in [2.24, 2.45) is 11.8 Å². The van der Waals surface area contributed by atoms with E-state index in [1.54, 1.807) is 16.7 Å². The van der Waals surface area contributed by atoms with Crippen LogP contribution in [0.5, 0.6) is 0 Å². The van der Waals surface area contributed by atoms with Gasteiger partial charge in [0.25, 0.3) is 0 Å². The van der Waals surface area contributed by atoms with Crippen molar-refractivity contribution in [3.05, 3.63) is 47.1 Å². The van der Waals surface area contributed by atoms with Crippen LogP contribution in [0, 0.1) is 11.8 Å². The summed E-state index contributed by atoms with van der Waals surface area (Å²) in [5, 5.41) is 0. The molecule has 0 spiro atoms. The van der Waals surface area contributed by atoms with Crippen LogP contribution in [0.25, 0.3) is 0 Å². The van der Waals surface area contributed by atoms with Crippen LogP contribution in [0.2, 0.25) is 0 Å². The van der Waals surface area contributed by atoms with E-state index in [0.717, 1.165) is 11.8 Å². The van der Waals surface area contributed by atoms with Crippen molar-refractivity contribution in [1.82, 2.24) is 4.90 Å². The minimum Gasteiger partial charge on any atom is -0.292 e. The third-order valence-corrected chi connectivity index (χ3v) is 5.09. The molecule has 94 valence electrons. The number of hydrogen-bond donors (Lipinski definition) is 0. The summed E-state index contributed by atoms with van der Waals surface area (Å²) in [6.07, 6.45) is 15.9. The molecule has 1 fully saturated rings. The molecule has 2 unspecified atom stereocenters. The van der Waals surface area contributed by atoms with Gasteiger partial charge in [-0.3, -0.25) is 4.90 Å². The molecule has 0 saturated carbocycles. The highest BCUT2D eigenvalue weighted by Gasteiger charge is 2.38. The van der Waals surface area contributed by atoms with Gasteiger partial charge in [-0.2, -0.15) is 0 Å². The van der Waals surface area contributed by atoms with E-state index < -0.39 is 0 Å². The molecule has 3 atom stereocenters. The quantitative estimate of drug-likeness (QED) is 0.625. The average Bonchev–Trinajstić information content (AvgIpc) is 2.37. The Hall–Kier alpha value is -1.08. The van der Waals surface area contributed by atoms with Gasteiger partial charge in [0, 0.05) is 25.0 Å². The lowest BCUT2D eigenvalue weighted by molar-refractivity contribution is 0.0832. The molecule has 0 aromatic carbocycles. The van der Waals surface area contributed by atoms with Gasteiger partial charge in [-0.25, -0.2) is 0 Å². The fraction of sp³-hybridized carbons (Fsp3) is 0.529. The van der Waals surface area contributed by atoms with Gasteiger partial charge in [0.05, 0.1) is 0 Å². The van der Waals surface area contributed by atoms with Gasteiger partial charge < -0.3 is 0 Å². The predicted molar refractivity (Wildman–Crippen MR) is 75.3 cm³/mol. The summed E-state index contributed by atoms with van der Waals surface area (Å²) in [5.41, 5.74) is 4.85. The Labute approximate surface area is 110 Å². The molecule has 1 heteroatoms. The van der Waals surface area contributed by atoms with Gasteiger partial charge in [-0.15, -0.1) is 0 Å². The maximum atomic E-state index is 2.65. The second kappa shape index (κ2) is 3.96. The third kappa shape index (κ3) is 1.65. The standard InChI is InChI=1S/C17H21N/c1-12-8-14-4-6-15(12)5-2-13-3-7-16-11-18(10-14)17(16)9-13/h3-4,6-7,9,12,16-17H,2,5,8,10-11H2,1H3/t12?,16?,17-/m1/s1. The summed E-state index contributed by atoms with van der Waals surface area (Å²) >= 11 is 0. The highest BCUT2D eigenvalue weighted by molar-refractivity contribution is 5.35. The summed E-state index contributed by atoms with van der Waals surface area (Å²) in [6.45, 7) is 4.84. The lowest BCUT2D eigenvalue weighted by atomic mass is 9.82. The molecule has 0 aromatic heterocycles. The van der Waals surface area contributed by atoms with Crippen LogP contribution in [0.3, 0.4) is 0 Å². The van der Waals surface area contributed by atoms with E-state index in [1.807, 2.05) is 0 Å². The molecule has 3 heterocycles. The zero-order valence-electron chi connectivity index (χ0n) is 11.1. The predicted octanol–water partition coefficient (Wildman–Crippen LogP) is 3.47. The van der Waals surface area contributed by atoms with E-state index in [1.165, 1.54) is 32.4 Å². The van der Waals surface area contributed by atoms with Crippen molar-refractivity contribution < 1.29 is 0 Å². The van der Waals surface area contributed by atoms with E-state index in [0.29, 0.717) is 6.04 Å². The molecular formula is C17H21N. The molecule has 0 radical (unpaired) electrons. The van der Waals surface area contributed by atoms with E-state index in [4.69, 9.17) is 0 Å². The molecular weight excluding hydrogens is 218 g/mol. The van der Waals surface area contributed by atoms with Crippen LogP contribution in [0.1, 0.15) is 26.2 Å². The molecule has 1 nitrogen and oxygen atoms in total. The fourth-order valence-electron chi connectivity index (χ4n) is 3.87. The van der Waals surface area contributed by atoms with Crippen LogP contribution in [-0.4, -0.2) is 24.0 Å². The van der Waals surface area contributed by atoms with Crippen LogP contribution in [0.4, 0.5) is 0 Å². The van der Waals surface area contributed by atoms with Crippen LogP contribution >= 0.6 is 0 Å². The van der Waals surface area contributed by atoms with Crippen LogP contribution in [-0.2, 0) is 0 Å². The molecule has 1 saturated heterocycles. The van der Waals surface area contributed by atoms with Crippen LogP contribution in [0.15, 0.2) is 47.1 Å². The highest BCUT2D eigenvalue weighted by Crippen LogP contribution is 2.37. The smallest absolute Gasteiger partial charge is 0.0362 e. The first kappa shape index (κ1) is 10.8.